The number of methoxy groups -OCH3 is 1. The highest BCUT2D eigenvalue weighted by atomic mass is 32.1. The van der Waals surface area contributed by atoms with E-state index in [0.717, 1.165) is 27.9 Å². The van der Waals surface area contributed by atoms with Gasteiger partial charge < -0.3 is 4.74 Å². The van der Waals surface area contributed by atoms with E-state index < -0.39 is 0 Å². The van der Waals surface area contributed by atoms with E-state index in [-0.39, 0.29) is 5.41 Å². The predicted molar refractivity (Wildman–Crippen MR) is 99.6 cm³/mol. The van der Waals surface area contributed by atoms with Gasteiger partial charge in [-0.2, -0.15) is 14.9 Å². The number of benzene rings is 2. The Kier molecular flexibility index (Phi) is 4.24. The molecule has 2 aromatic carbocycles. The fourth-order valence-corrected chi connectivity index (χ4v) is 2.77. The second-order valence-electron chi connectivity index (χ2n) is 6.56. The van der Waals surface area contributed by atoms with E-state index in [2.05, 4.69) is 48.2 Å². The van der Waals surface area contributed by atoms with E-state index in [1.807, 2.05) is 24.3 Å². The van der Waals surface area contributed by atoms with E-state index in [9.17, 15) is 0 Å². The van der Waals surface area contributed by atoms with Crippen molar-refractivity contribution in [3.05, 3.63) is 52.6 Å². The van der Waals surface area contributed by atoms with Crippen molar-refractivity contribution in [2.24, 2.45) is 5.10 Å². The van der Waals surface area contributed by atoms with Crippen LogP contribution in [-0.2, 0) is 5.41 Å². The minimum atomic E-state index is -0.173. The molecule has 0 saturated heterocycles. The fraction of sp³-hybridized carbons (Fsp3) is 0.278. The normalized spacial score (nSPS) is 12.2. The number of ether oxygens (including phenoxy) is 1. The highest BCUT2D eigenvalue weighted by Gasteiger charge is 2.21. The third-order valence-corrected chi connectivity index (χ3v) is 4.04. The van der Waals surface area contributed by atoms with Crippen LogP contribution < -0.4 is 4.74 Å². The molecule has 3 rings (SSSR count). The number of rotatable bonds is 3. The molecule has 0 aliphatic heterocycles. The SMILES string of the molecule is COc1ccc2ccccc2c1C=Nn1c(C(C)(C)C)n[nH]c1=S. The molecule has 0 aliphatic rings. The van der Waals surface area contributed by atoms with Crippen molar-refractivity contribution in [1.82, 2.24) is 14.9 Å². The Morgan fingerprint density at radius 3 is 2.67 bits per heavy atom. The summed E-state index contributed by atoms with van der Waals surface area (Å²) in [4.78, 5) is 0. The van der Waals surface area contributed by atoms with Crippen LogP contribution in [0.5, 0.6) is 5.75 Å². The number of aromatic nitrogens is 3. The van der Waals surface area contributed by atoms with E-state index in [4.69, 9.17) is 17.0 Å². The molecule has 0 atom stereocenters. The lowest BCUT2D eigenvalue weighted by Gasteiger charge is -2.16. The minimum absolute atomic E-state index is 0.173. The first-order valence-corrected chi connectivity index (χ1v) is 8.10. The number of H-pyrrole nitrogens is 1. The Labute approximate surface area is 146 Å². The fourth-order valence-electron chi connectivity index (χ4n) is 2.59. The number of hydrogen-bond acceptors (Lipinski definition) is 4. The summed E-state index contributed by atoms with van der Waals surface area (Å²) in [5.41, 5.74) is 0.742. The lowest BCUT2D eigenvalue weighted by Crippen LogP contribution is -2.17. The van der Waals surface area contributed by atoms with Crippen LogP contribution in [0.25, 0.3) is 10.8 Å². The molecule has 24 heavy (non-hydrogen) atoms. The monoisotopic (exact) mass is 340 g/mol. The van der Waals surface area contributed by atoms with Crippen LogP contribution in [0.15, 0.2) is 41.5 Å². The first kappa shape index (κ1) is 16.4. The van der Waals surface area contributed by atoms with Gasteiger partial charge in [0, 0.05) is 11.0 Å². The van der Waals surface area contributed by atoms with Crippen molar-refractivity contribution in [1.29, 1.82) is 0 Å². The molecule has 1 N–H and O–H groups in total. The molecule has 6 heteroatoms. The summed E-state index contributed by atoms with van der Waals surface area (Å²) >= 11 is 5.31. The Morgan fingerprint density at radius 1 is 1.21 bits per heavy atom. The second-order valence-corrected chi connectivity index (χ2v) is 6.95. The Hall–Kier alpha value is -2.47. The summed E-state index contributed by atoms with van der Waals surface area (Å²) in [7, 11) is 1.66. The summed E-state index contributed by atoms with van der Waals surface area (Å²) < 4.78 is 7.63. The van der Waals surface area contributed by atoms with Crippen LogP contribution in [0.2, 0.25) is 0 Å². The molecular weight excluding hydrogens is 320 g/mol. The van der Waals surface area contributed by atoms with Crippen molar-refractivity contribution >= 4 is 29.2 Å². The Bertz CT molecular complexity index is 963. The molecule has 0 fully saturated rings. The maximum Gasteiger partial charge on any atom is 0.216 e. The Morgan fingerprint density at radius 2 is 1.96 bits per heavy atom. The van der Waals surface area contributed by atoms with Crippen molar-refractivity contribution < 1.29 is 4.74 Å². The van der Waals surface area contributed by atoms with Crippen molar-refractivity contribution in [3.63, 3.8) is 0 Å². The Balaban J connectivity index is 2.16. The topological polar surface area (TPSA) is 55.2 Å². The van der Waals surface area contributed by atoms with E-state index in [1.165, 1.54) is 0 Å². The molecule has 0 unspecified atom stereocenters. The summed E-state index contributed by atoms with van der Waals surface area (Å²) in [6, 6.07) is 12.1. The number of nitrogens with zero attached hydrogens (tertiary/aromatic N) is 3. The largest absolute Gasteiger partial charge is 0.496 e. The van der Waals surface area contributed by atoms with Gasteiger partial charge in [-0.05, 0) is 29.1 Å². The maximum atomic E-state index is 5.50. The molecule has 0 spiro atoms. The van der Waals surface area contributed by atoms with Crippen LogP contribution in [0.1, 0.15) is 32.2 Å². The zero-order chi connectivity index (χ0) is 17.3. The van der Waals surface area contributed by atoms with Gasteiger partial charge in [0.05, 0.1) is 13.3 Å². The average Bonchev–Trinajstić information content (AvgIpc) is 2.93. The highest BCUT2D eigenvalue weighted by molar-refractivity contribution is 7.71. The lowest BCUT2D eigenvalue weighted by molar-refractivity contribution is 0.415. The molecule has 124 valence electrons. The number of nitrogens with one attached hydrogen (secondary N) is 1. The van der Waals surface area contributed by atoms with Gasteiger partial charge in [-0.1, -0.05) is 51.1 Å². The van der Waals surface area contributed by atoms with Gasteiger partial charge in [-0.15, -0.1) is 0 Å². The molecule has 1 heterocycles. The maximum absolute atomic E-state index is 5.50. The third kappa shape index (κ3) is 2.97. The molecule has 5 nitrogen and oxygen atoms in total. The van der Waals surface area contributed by atoms with Crippen LogP contribution in [-0.4, -0.2) is 28.2 Å². The average molecular weight is 340 g/mol. The molecule has 1 aromatic heterocycles. The summed E-state index contributed by atoms with van der Waals surface area (Å²) in [5, 5.41) is 13.9. The first-order valence-electron chi connectivity index (χ1n) is 7.70. The van der Waals surface area contributed by atoms with Gasteiger partial charge in [0.2, 0.25) is 4.77 Å². The van der Waals surface area contributed by atoms with Crippen LogP contribution in [0.3, 0.4) is 0 Å². The molecule has 0 amide bonds. The highest BCUT2D eigenvalue weighted by Crippen LogP contribution is 2.27. The molecule has 0 bridgehead atoms. The van der Waals surface area contributed by atoms with Gasteiger partial charge in [0.25, 0.3) is 0 Å². The van der Waals surface area contributed by atoms with Gasteiger partial charge in [0.1, 0.15) is 5.75 Å². The first-order chi connectivity index (χ1) is 11.4. The number of hydrogen-bond donors (Lipinski definition) is 1. The predicted octanol–water partition coefficient (Wildman–Crippen LogP) is 4.28. The van der Waals surface area contributed by atoms with Crippen LogP contribution in [0.4, 0.5) is 0 Å². The van der Waals surface area contributed by atoms with E-state index >= 15 is 0 Å². The summed E-state index contributed by atoms with van der Waals surface area (Å²) in [5.74, 6) is 1.55. The van der Waals surface area contributed by atoms with Crippen LogP contribution in [0, 0.1) is 4.77 Å². The second kappa shape index (κ2) is 6.20. The minimum Gasteiger partial charge on any atom is -0.496 e. The lowest BCUT2D eigenvalue weighted by atomic mass is 9.96. The summed E-state index contributed by atoms with van der Waals surface area (Å²) in [6.07, 6.45) is 1.78. The van der Waals surface area contributed by atoms with Crippen molar-refractivity contribution in [2.45, 2.75) is 26.2 Å². The zero-order valence-corrected chi connectivity index (χ0v) is 15.0. The smallest absolute Gasteiger partial charge is 0.216 e. The number of aromatic amines is 1. The third-order valence-electron chi connectivity index (χ3n) is 3.77. The quantitative estimate of drug-likeness (QED) is 0.572. The molecule has 0 radical (unpaired) electrons. The molecule has 0 aliphatic carbocycles. The molecule has 3 aromatic rings. The number of fused-ring (bicyclic) bond motifs is 1. The van der Waals surface area contributed by atoms with Crippen LogP contribution >= 0.6 is 12.2 Å². The zero-order valence-electron chi connectivity index (χ0n) is 14.2. The summed E-state index contributed by atoms with van der Waals surface area (Å²) in [6.45, 7) is 6.22. The molecular formula is C18H20N4OS. The van der Waals surface area contributed by atoms with Gasteiger partial charge in [-0.25, -0.2) is 0 Å². The van der Waals surface area contributed by atoms with E-state index in [1.54, 1.807) is 18.0 Å². The van der Waals surface area contributed by atoms with Crippen molar-refractivity contribution in [3.8, 4) is 5.75 Å². The van der Waals surface area contributed by atoms with Gasteiger partial charge in [0.15, 0.2) is 5.82 Å². The van der Waals surface area contributed by atoms with Gasteiger partial charge >= 0.3 is 0 Å². The standard InChI is InChI=1S/C18H20N4OS/c1-18(2,3)16-20-21-17(24)22(16)19-11-14-13-8-6-5-7-12(13)9-10-15(14)23-4/h5-11H,1-4H3,(H,21,24). The van der Waals surface area contributed by atoms with Crippen molar-refractivity contribution in [2.75, 3.05) is 7.11 Å². The van der Waals surface area contributed by atoms with E-state index in [0.29, 0.717) is 4.77 Å². The van der Waals surface area contributed by atoms with Gasteiger partial charge in [-0.3, -0.25) is 5.10 Å². The molecule has 0 saturated carbocycles.